The molecule has 0 atom stereocenters. The van der Waals surface area contributed by atoms with Crippen LogP contribution in [-0.4, -0.2) is 40.8 Å². The first-order chi connectivity index (χ1) is 16.5. The Morgan fingerprint density at radius 1 is 0.853 bits per heavy atom. The number of pyridine rings is 1. The van der Waals surface area contributed by atoms with Crippen LogP contribution in [-0.2, 0) is 0 Å². The predicted octanol–water partition coefficient (Wildman–Crippen LogP) is 4.10. The van der Waals surface area contributed by atoms with Crippen LogP contribution < -0.4 is 20.1 Å². The number of carbonyl (C=O) groups is 2. The topological polar surface area (TPSA) is 107 Å². The number of methoxy groups -OCH3 is 2. The summed E-state index contributed by atoms with van der Waals surface area (Å²) >= 11 is 0. The van der Waals surface area contributed by atoms with Gasteiger partial charge < -0.3 is 20.1 Å². The first-order valence-electron chi connectivity index (χ1n) is 10.4. The molecule has 2 aromatic carbocycles. The van der Waals surface area contributed by atoms with E-state index in [-0.39, 0.29) is 11.8 Å². The third-order valence-electron chi connectivity index (χ3n) is 5.17. The number of carbonyl (C=O) groups excluding carboxylic acids is 2. The number of aromatic nitrogens is 3. The molecule has 34 heavy (non-hydrogen) atoms. The van der Waals surface area contributed by atoms with Gasteiger partial charge >= 0.3 is 0 Å². The van der Waals surface area contributed by atoms with Crippen LogP contribution in [0, 0.1) is 6.92 Å². The van der Waals surface area contributed by atoms with Crippen molar-refractivity contribution in [3.8, 4) is 17.3 Å². The van der Waals surface area contributed by atoms with Crippen molar-refractivity contribution in [2.24, 2.45) is 0 Å². The second-order valence-corrected chi connectivity index (χ2v) is 7.27. The quantitative estimate of drug-likeness (QED) is 0.433. The summed E-state index contributed by atoms with van der Waals surface area (Å²) in [4.78, 5) is 29.9. The number of anilines is 2. The number of hydrogen-bond acceptors (Lipinski definition) is 6. The molecule has 0 spiro atoms. The lowest BCUT2D eigenvalue weighted by Gasteiger charge is -2.16. The van der Waals surface area contributed by atoms with Crippen LogP contribution in [0.2, 0.25) is 0 Å². The van der Waals surface area contributed by atoms with Crippen molar-refractivity contribution in [3.63, 3.8) is 0 Å². The molecule has 0 fully saturated rings. The number of ether oxygens (including phenoxy) is 2. The highest BCUT2D eigenvalue weighted by molar-refractivity contribution is 6.07. The molecule has 4 aromatic rings. The lowest BCUT2D eigenvalue weighted by molar-refractivity contribution is 0.101. The SMILES string of the molecule is COc1cc(NC(=O)c2cnn(-c3ccccn3)c2C)c(OC)cc1NC(=O)c1ccccc1. The van der Waals surface area contributed by atoms with Crippen molar-refractivity contribution < 1.29 is 19.1 Å². The minimum atomic E-state index is -0.374. The maximum atomic E-state index is 13.0. The van der Waals surface area contributed by atoms with Crippen LogP contribution in [0.5, 0.6) is 11.5 Å². The Morgan fingerprint density at radius 3 is 2.06 bits per heavy atom. The van der Waals surface area contributed by atoms with Crippen LogP contribution in [0.25, 0.3) is 5.82 Å². The van der Waals surface area contributed by atoms with Crippen LogP contribution in [0.15, 0.2) is 73.1 Å². The minimum Gasteiger partial charge on any atom is -0.494 e. The van der Waals surface area contributed by atoms with Crippen molar-refractivity contribution in [2.75, 3.05) is 24.9 Å². The van der Waals surface area contributed by atoms with E-state index in [1.54, 1.807) is 60.3 Å². The molecule has 0 bridgehead atoms. The van der Waals surface area contributed by atoms with Crippen LogP contribution in [0.3, 0.4) is 0 Å². The Hall–Kier alpha value is -4.66. The van der Waals surface area contributed by atoms with Crippen molar-refractivity contribution in [1.82, 2.24) is 14.8 Å². The van der Waals surface area contributed by atoms with E-state index in [4.69, 9.17) is 9.47 Å². The lowest BCUT2D eigenvalue weighted by Crippen LogP contribution is -2.15. The van der Waals surface area contributed by atoms with E-state index in [1.807, 2.05) is 18.2 Å². The molecule has 4 rings (SSSR count). The fraction of sp³-hybridized carbons (Fsp3) is 0.120. The van der Waals surface area contributed by atoms with Gasteiger partial charge in [0.1, 0.15) is 11.5 Å². The Morgan fingerprint density at radius 2 is 1.47 bits per heavy atom. The zero-order valence-corrected chi connectivity index (χ0v) is 18.9. The molecule has 0 unspecified atom stereocenters. The summed E-state index contributed by atoms with van der Waals surface area (Å²) < 4.78 is 12.5. The second kappa shape index (κ2) is 9.86. The van der Waals surface area contributed by atoms with Crippen LogP contribution >= 0.6 is 0 Å². The Bertz CT molecular complexity index is 1320. The van der Waals surface area contributed by atoms with Crippen LogP contribution in [0.1, 0.15) is 26.4 Å². The van der Waals surface area contributed by atoms with Gasteiger partial charge in [-0.25, -0.2) is 9.67 Å². The highest BCUT2D eigenvalue weighted by Gasteiger charge is 2.20. The van der Waals surface area contributed by atoms with Gasteiger partial charge in [-0.15, -0.1) is 0 Å². The molecule has 2 amide bonds. The van der Waals surface area contributed by atoms with Gasteiger partial charge in [0, 0.05) is 23.9 Å². The number of benzene rings is 2. The lowest BCUT2D eigenvalue weighted by atomic mass is 10.1. The van der Waals surface area contributed by atoms with Crippen molar-refractivity contribution in [2.45, 2.75) is 6.92 Å². The molecule has 0 aliphatic carbocycles. The van der Waals surface area contributed by atoms with Gasteiger partial charge in [0.05, 0.1) is 43.0 Å². The largest absolute Gasteiger partial charge is 0.494 e. The number of nitrogens with one attached hydrogen (secondary N) is 2. The summed E-state index contributed by atoms with van der Waals surface area (Å²) in [7, 11) is 2.96. The zero-order valence-electron chi connectivity index (χ0n) is 18.9. The molecular formula is C25H23N5O4. The predicted molar refractivity (Wildman–Crippen MR) is 128 cm³/mol. The monoisotopic (exact) mass is 457 g/mol. The normalized spacial score (nSPS) is 10.4. The molecular weight excluding hydrogens is 434 g/mol. The second-order valence-electron chi connectivity index (χ2n) is 7.27. The molecule has 2 aromatic heterocycles. The minimum absolute atomic E-state index is 0.296. The maximum Gasteiger partial charge on any atom is 0.259 e. The number of nitrogens with zero attached hydrogens (tertiary/aromatic N) is 3. The Kier molecular flexibility index (Phi) is 6.54. The van der Waals surface area contributed by atoms with E-state index in [9.17, 15) is 9.59 Å². The Balaban J connectivity index is 1.59. The maximum absolute atomic E-state index is 13.0. The standard InChI is InChI=1S/C25H23N5O4/c1-16-18(15-27-30(16)23-11-7-8-12-26-23)25(32)29-20-14-21(33-2)19(13-22(20)34-3)28-24(31)17-9-5-4-6-10-17/h4-15H,1-3H3,(H,28,31)(H,29,32). The molecule has 9 nitrogen and oxygen atoms in total. The first kappa shape index (κ1) is 22.5. The van der Waals surface area contributed by atoms with E-state index >= 15 is 0 Å². The third-order valence-corrected chi connectivity index (χ3v) is 5.17. The highest BCUT2D eigenvalue weighted by Crippen LogP contribution is 2.37. The van der Waals surface area contributed by atoms with E-state index in [1.165, 1.54) is 20.4 Å². The highest BCUT2D eigenvalue weighted by atomic mass is 16.5. The average Bonchev–Trinajstić information content (AvgIpc) is 3.26. The van der Waals surface area contributed by atoms with Gasteiger partial charge in [-0.05, 0) is 31.2 Å². The molecule has 172 valence electrons. The summed E-state index contributed by atoms with van der Waals surface area (Å²) in [5, 5.41) is 9.95. The summed E-state index contributed by atoms with van der Waals surface area (Å²) in [5.74, 6) is 0.654. The number of rotatable bonds is 7. The van der Waals surface area contributed by atoms with E-state index < -0.39 is 0 Å². The molecule has 9 heteroatoms. The van der Waals surface area contributed by atoms with E-state index in [2.05, 4.69) is 20.7 Å². The van der Waals surface area contributed by atoms with Gasteiger partial charge in [-0.2, -0.15) is 5.10 Å². The molecule has 0 radical (unpaired) electrons. The van der Waals surface area contributed by atoms with Gasteiger partial charge in [0.25, 0.3) is 11.8 Å². The molecule has 0 saturated heterocycles. The van der Waals surface area contributed by atoms with E-state index in [0.29, 0.717) is 45.5 Å². The fourth-order valence-electron chi connectivity index (χ4n) is 3.41. The first-order valence-corrected chi connectivity index (χ1v) is 10.4. The van der Waals surface area contributed by atoms with Crippen molar-refractivity contribution in [1.29, 1.82) is 0 Å². The van der Waals surface area contributed by atoms with Gasteiger partial charge in [-0.1, -0.05) is 24.3 Å². The molecule has 0 aliphatic heterocycles. The van der Waals surface area contributed by atoms with Crippen molar-refractivity contribution in [3.05, 3.63) is 89.9 Å². The number of hydrogen-bond donors (Lipinski definition) is 2. The van der Waals surface area contributed by atoms with E-state index in [0.717, 1.165) is 0 Å². The van der Waals surface area contributed by atoms with Gasteiger partial charge in [-0.3, -0.25) is 9.59 Å². The summed E-state index contributed by atoms with van der Waals surface area (Å²) in [6, 6.07) is 17.5. The Labute approximate surface area is 196 Å². The smallest absolute Gasteiger partial charge is 0.259 e. The molecule has 0 aliphatic rings. The molecule has 0 saturated carbocycles. The summed E-state index contributed by atoms with van der Waals surface area (Å²) in [6.07, 6.45) is 3.14. The molecule has 2 N–H and O–H groups in total. The summed E-state index contributed by atoms with van der Waals surface area (Å²) in [5.41, 5.74) is 2.31. The average molecular weight is 457 g/mol. The third kappa shape index (κ3) is 4.58. The summed E-state index contributed by atoms with van der Waals surface area (Å²) in [6.45, 7) is 1.79. The van der Waals surface area contributed by atoms with Gasteiger partial charge in [0.15, 0.2) is 5.82 Å². The van der Waals surface area contributed by atoms with Crippen LogP contribution in [0.4, 0.5) is 11.4 Å². The van der Waals surface area contributed by atoms with Crippen molar-refractivity contribution >= 4 is 23.2 Å². The molecule has 2 heterocycles. The number of amides is 2. The fourth-order valence-corrected chi connectivity index (χ4v) is 3.41. The van der Waals surface area contributed by atoms with Gasteiger partial charge in [0.2, 0.25) is 0 Å². The zero-order chi connectivity index (χ0) is 24.1.